The molecule has 2 aromatic rings. The molecule has 0 aliphatic carbocycles. The molecule has 1 unspecified atom stereocenters. The summed E-state index contributed by atoms with van der Waals surface area (Å²) >= 11 is 3.68. The fourth-order valence-electron chi connectivity index (χ4n) is 2.90. The summed E-state index contributed by atoms with van der Waals surface area (Å²) in [7, 11) is 0. The molecule has 1 aliphatic rings. The zero-order valence-corrected chi connectivity index (χ0v) is 13.9. The molecular weight excluding hydrogens is 329 g/mol. The SMILES string of the molecule is CC(C)c1cc(Br)c2c(c1)CCC(c1cccc(F)c1)N2. The van der Waals surface area contributed by atoms with Gasteiger partial charge in [-0.3, -0.25) is 0 Å². The van der Waals surface area contributed by atoms with Gasteiger partial charge in [0.15, 0.2) is 0 Å². The molecule has 0 saturated carbocycles. The Kier molecular flexibility index (Phi) is 4.03. The molecule has 1 aliphatic heterocycles. The number of aryl methyl sites for hydroxylation is 1. The number of halogens is 2. The zero-order chi connectivity index (χ0) is 15.0. The van der Waals surface area contributed by atoms with Crippen LogP contribution in [0.15, 0.2) is 40.9 Å². The van der Waals surface area contributed by atoms with E-state index in [1.165, 1.54) is 17.2 Å². The Balaban J connectivity index is 1.92. The standard InChI is InChI=1S/C18H19BrFN/c1-11(2)14-8-13-6-7-17(21-18(13)16(19)10-14)12-4-3-5-15(20)9-12/h3-5,8-11,17,21H,6-7H2,1-2H3. The Hall–Kier alpha value is -1.35. The minimum absolute atomic E-state index is 0.172. The van der Waals surface area contributed by atoms with Crippen LogP contribution in [0.2, 0.25) is 0 Å². The largest absolute Gasteiger partial charge is 0.377 e. The van der Waals surface area contributed by atoms with Gasteiger partial charge in [0.25, 0.3) is 0 Å². The van der Waals surface area contributed by atoms with Gasteiger partial charge in [-0.2, -0.15) is 0 Å². The summed E-state index contributed by atoms with van der Waals surface area (Å²) in [5.41, 5.74) is 4.87. The molecule has 21 heavy (non-hydrogen) atoms. The number of rotatable bonds is 2. The second-order valence-electron chi connectivity index (χ2n) is 5.98. The molecule has 1 nitrogen and oxygen atoms in total. The third-order valence-electron chi connectivity index (χ3n) is 4.13. The maximum absolute atomic E-state index is 13.4. The van der Waals surface area contributed by atoms with Crippen LogP contribution in [0.25, 0.3) is 0 Å². The molecule has 0 fully saturated rings. The number of benzene rings is 2. The Morgan fingerprint density at radius 2 is 2.05 bits per heavy atom. The number of fused-ring (bicyclic) bond motifs is 1. The number of nitrogens with one attached hydrogen (secondary N) is 1. The van der Waals surface area contributed by atoms with Gasteiger partial charge in [-0.25, -0.2) is 4.39 Å². The van der Waals surface area contributed by atoms with Crippen molar-refractivity contribution < 1.29 is 4.39 Å². The van der Waals surface area contributed by atoms with Gasteiger partial charge in [-0.1, -0.05) is 32.0 Å². The van der Waals surface area contributed by atoms with Crippen molar-refractivity contribution in [2.75, 3.05) is 5.32 Å². The summed E-state index contributed by atoms with van der Waals surface area (Å²) < 4.78 is 14.5. The lowest BCUT2D eigenvalue weighted by atomic mass is 9.90. The Labute approximate surface area is 133 Å². The molecule has 0 aromatic heterocycles. The lowest BCUT2D eigenvalue weighted by Crippen LogP contribution is -2.19. The molecule has 1 N–H and O–H groups in total. The predicted molar refractivity (Wildman–Crippen MR) is 89.3 cm³/mol. The van der Waals surface area contributed by atoms with Crippen LogP contribution in [0.3, 0.4) is 0 Å². The number of anilines is 1. The Morgan fingerprint density at radius 1 is 1.24 bits per heavy atom. The highest BCUT2D eigenvalue weighted by Crippen LogP contribution is 2.39. The van der Waals surface area contributed by atoms with E-state index in [1.807, 2.05) is 6.07 Å². The van der Waals surface area contributed by atoms with Crippen molar-refractivity contribution in [1.29, 1.82) is 0 Å². The van der Waals surface area contributed by atoms with Crippen molar-refractivity contribution in [2.24, 2.45) is 0 Å². The number of hydrogen-bond acceptors (Lipinski definition) is 1. The summed E-state index contributed by atoms with van der Waals surface area (Å²) in [4.78, 5) is 0. The smallest absolute Gasteiger partial charge is 0.123 e. The van der Waals surface area contributed by atoms with Gasteiger partial charge < -0.3 is 5.32 Å². The molecule has 0 radical (unpaired) electrons. The third kappa shape index (κ3) is 2.98. The third-order valence-corrected chi connectivity index (χ3v) is 4.76. The van der Waals surface area contributed by atoms with Crippen molar-refractivity contribution in [3.05, 3.63) is 63.4 Å². The van der Waals surface area contributed by atoms with Gasteiger partial charge in [0.05, 0.1) is 11.7 Å². The van der Waals surface area contributed by atoms with Crippen LogP contribution in [0.5, 0.6) is 0 Å². The van der Waals surface area contributed by atoms with Gasteiger partial charge in [0, 0.05) is 4.47 Å². The van der Waals surface area contributed by atoms with E-state index >= 15 is 0 Å². The van der Waals surface area contributed by atoms with Gasteiger partial charge in [0.1, 0.15) is 5.82 Å². The second-order valence-corrected chi connectivity index (χ2v) is 6.84. The van der Waals surface area contributed by atoms with Crippen LogP contribution in [0.4, 0.5) is 10.1 Å². The molecule has 110 valence electrons. The first-order valence-corrected chi connectivity index (χ1v) is 8.18. The molecule has 0 amide bonds. The minimum Gasteiger partial charge on any atom is -0.377 e. The monoisotopic (exact) mass is 347 g/mol. The van der Waals surface area contributed by atoms with Crippen molar-refractivity contribution >= 4 is 21.6 Å². The molecule has 2 aromatic carbocycles. The quantitative estimate of drug-likeness (QED) is 0.722. The molecule has 1 heterocycles. The summed E-state index contributed by atoms with van der Waals surface area (Å²) in [5.74, 6) is 0.349. The molecule has 3 heteroatoms. The average Bonchev–Trinajstić information content (AvgIpc) is 2.46. The van der Waals surface area contributed by atoms with Crippen LogP contribution in [0, 0.1) is 5.82 Å². The van der Waals surface area contributed by atoms with E-state index in [4.69, 9.17) is 0 Å². The molecule has 0 bridgehead atoms. The van der Waals surface area contributed by atoms with Crippen molar-refractivity contribution in [1.82, 2.24) is 0 Å². The highest BCUT2D eigenvalue weighted by Gasteiger charge is 2.22. The molecule has 0 saturated heterocycles. The Bertz CT molecular complexity index is 666. The van der Waals surface area contributed by atoms with Gasteiger partial charge in [0.2, 0.25) is 0 Å². The normalized spacial score (nSPS) is 17.5. The summed E-state index contributed by atoms with van der Waals surface area (Å²) in [6.07, 6.45) is 2.01. The average molecular weight is 348 g/mol. The minimum atomic E-state index is -0.172. The fourth-order valence-corrected chi connectivity index (χ4v) is 3.53. The first-order valence-electron chi connectivity index (χ1n) is 7.39. The van der Waals surface area contributed by atoms with Crippen LogP contribution in [-0.2, 0) is 6.42 Å². The molecular formula is C18H19BrFN. The van der Waals surface area contributed by atoms with E-state index in [0.29, 0.717) is 5.92 Å². The van der Waals surface area contributed by atoms with Crippen LogP contribution >= 0.6 is 15.9 Å². The van der Waals surface area contributed by atoms with Gasteiger partial charge in [-0.15, -0.1) is 0 Å². The first-order chi connectivity index (χ1) is 10.0. The lowest BCUT2D eigenvalue weighted by molar-refractivity contribution is 0.614. The maximum Gasteiger partial charge on any atom is 0.123 e. The van der Waals surface area contributed by atoms with E-state index in [0.717, 1.165) is 28.6 Å². The fraction of sp³-hybridized carbons (Fsp3) is 0.333. The zero-order valence-electron chi connectivity index (χ0n) is 12.3. The van der Waals surface area contributed by atoms with E-state index < -0.39 is 0 Å². The topological polar surface area (TPSA) is 12.0 Å². The highest BCUT2D eigenvalue weighted by atomic mass is 79.9. The van der Waals surface area contributed by atoms with Crippen molar-refractivity contribution in [2.45, 2.75) is 38.6 Å². The molecule has 3 rings (SSSR count). The maximum atomic E-state index is 13.4. The van der Waals surface area contributed by atoms with Gasteiger partial charge >= 0.3 is 0 Å². The van der Waals surface area contributed by atoms with Gasteiger partial charge in [-0.05, 0) is 69.6 Å². The predicted octanol–water partition coefficient (Wildman–Crippen LogP) is 5.81. The molecule has 0 spiro atoms. The Morgan fingerprint density at radius 3 is 2.76 bits per heavy atom. The van der Waals surface area contributed by atoms with E-state index in [1.54, 1.807) is 12.1 Å². The van der Waals surface area contributed by atoms with E-state index in [9.17, 15) is 4.39 Å². The van der Waals surface area contributed by atoms with Crippen LogP contribution in [0.1, 0.15) is 48.9 Å². The summed E-state index contributed by atoms with van der Waals surface area (Å²) in [5, 5.41) is 3.56. The van der Waals surface area contributed by atoms with E-state index in [-0.39, 0.29) is 11.9 Å². The van der Waals surface area contributed by atoms with E-state index in [2.05, 4.69) is 47.2 Å². The molecule has 1 atom stereocenters. The van der Waals surface area contributed by atoms with Crippen molar-refractivity contribution in [3.8, 4) is 0 Å². The lowest BCUT2D eigenvalue weighted by Gasteiger charge is -2.29. The van der Waals surface area contributed by atoms with Crippen LogP contribution < -0.4 is 5.32 Å². The second kappa shape index (κ2) is 5.80. The van der Waals surface area contributed by atoms with Crippen molar-refractivity contribution in [3.63, 3.8) is 0 Å². The van der Waals surface area contributed by atoms with Crippen LogP contribution in [-0.4, -0.2) is 0 Å². The first kappa shape index (κ1) is 14.6. The number of hydrogen-bond donors (Lipinski definition) is 1. The summed E-state index contributed by atoms with van der Waals surface area (Å²) in [6, 6.07) is 11.5. The highest BCUT2D eigenvalue weighted by molar-refractivity contribution is 9.10. The summed E-state index contributed by atoms with van der Waals surface area (Å²) in [6.45, 7) is 4.42.